The Hall–Kier alpha value is -1.10. The van der Waals surface area contributed by atoms with Crippen LogP contribution < -0.4 is 10.6 Å². The highest BCUT2D eigenvalue weighted by atomic mass is 35.5. The number of imide groups is 1. The van der Waals surface area contributed by atoms with Crippen molar-refractivity contribution < 1.29 is 9.59 Å². The molecule has 1 heterocycles. The molecule has 0 bridgehead atoms. The molecule has 0 aliphatic carbocycles. The van der Waals surface area contributed by atoms with E-state index in [-0.39, 0.29) is 17.9 Å². The van der Waals surface area contributed by atoms with Crippen LogP contribution in [-0.2, 0) is 16.1 Å². The number of carbonyl (C=O) groups is 2. The molecule has 1 aliphatic rings. The summed E-state index contributed by atoms with van der Waals surface area (Å²) in [7, 11) is 0. The third-order valence-electron chi connectivity index (χ3n) is 2.71. The van der Waals surface area contributed by atoms with E-state index in [4.69, 9.17) is 23.2 Å². The van der Waals surface area contributed by atoms with Crippen molar-refractivity contribution in [1.82, 2.24) is 10.6 Å². The van der Waals surface area contributed by atoms with Crippen LogP contribution in [0.2, 0.25) is 10.0 Å². The topological polar surface area (TPSA) is 58.2 Å². The summed E-state index contributed by atoms with van der Waals surface area (Å²) in [5, 5.41) is 6.49. The Bertz CT molecular complexity index is 471. The van der Waals surface area contributed by atoms with E-state index in [0.29, 0.717) is 29.4 Å². The number of rotatable bonds is 3. The van der Waals surface area contributed by atoms with Crippen LogP contribution in [0.1, 0.15) is 18.4 Å². The quantitative estimate of drug-likeness (QED) is 0.835. The summed E-state index contributed by atoms with van der Waals surface area (Å²) < 4.78 is 0. The highest BCUT2D eigenvalue weighted by Crippen LogP contribution is 2.19. The fourth-order valence-corrected chi connectivity index (χ4v) is 2.41. The summed E-state index contributed by atoms with van der Waals surface area (Å²) in [4.78, 5) is 22.5. The first-order chi connectivity index (χ1) is 8.54. The summed E-state index contributed by atoms with van der Waals surface area (Å²) >= 11 is 11.8. The lowest BCUT2D eigenvalue weighted by atomic mass is 10.1. The van der Waals surface area contributed by atoms with Gasteiger partial charge in [-0.2, -0.15) is 0 Å². The number of hydrogen-bond acceptors (Lipinski definition) is 3. The smallest absolute Gasteiger partial charge is 0.243 e. The maximum atomic E-state index is 11.5. The third-order valence-corrected chi connectivity index (χ3v) is 3.15. The molecule has 1 aromatic carbocycles. The molecule has 96 valence electrons. The minimum Gasteiger partial charge on any atom is -0.302 e. The van der Waals surface area contributed by atoms with Crippen molar-refractivity contribution in [2.45, 2.75) is 25.4 Å². The molecule has 1 unspecified atom stereocenters. The SMILES string of the molecule is O=C1CCC(NCc2cc(Cl)cc(Cl)c2)C(=O)N1. The van der Waals surface area contributed by atoms with Crippen LogP contribution in [0.5, 0.6) is 0 Å². The van der Waals surface area contributed by atoms with E-state index in [1.165, 1.54) is 0 Å². The molecule has 0 spiro atoms. The predicted octanol–water partition coefficient (Wildman–Crippen LogP) is 1.89. The van der Waals surface area contributed by atoms with Gasteiger partial charge in [-0.15, -0.1) is 0 Å². The second kappa shape index (κ2) is 5.69. The molecule has 0 aromatic heterocycles. The standard InChI is InChI=1S/C12H12Cl2N2O2/c13-8-3-7(4-9(14)5-8)6-15-10-1-2-11(17)16-12(10)18/h3-5,10,15H,1-2,6H2,(H,16,17,18). The molecule has 1 atom stereocenters. The molecule has 2 rings (SSSR count). The van der Waals surface area contributed by atoms with Gasteiger partial charge in [0.2, 0.25) is 11.8 Å². The van der Waals surface area contributed by atoms with Gasteiger partial charge in [0, 0.05) is 23.0 Å². The molecule has 1 aliphatic heterocycles. The van der Waals surface area contributed by atoms with E-state index < -0.39 is 0 Å². The Kier molecular flexibility index (Phi) is 4.22. The van der Waals surface area contributed by atoms with E-state index in [9.17, 15) is 9.59 Å². The summed E-state index contributed by atoms with van der Waals surface area (Å²) in [6.45, 7) is 0.479. The average molecular weight is 287 g/mol. The van der Waals surface area contributed by atoms with Crippen LogP contribution in [0.3, 0.4) is 0 Å². The average Bonchev–Trinajstić information content (AvgIpc) is 2.26. The molecule has 2 N–H and O–H groups in total. The molecule has 2 amide bonds. The van der Waals surface area contributed by atoms with Crippen molar-refractivity contribution in [3.05, 3.63) is 33.8 Å². The number of halogens is 2. The van der Waals surface area contributed by atoms with Crippen molar-refractivity contribution in [2.75, 3.05) is 0 Å². The summed E-state index contributed by atoms with van der Waals surface area (Å²) in [6, 6.07) is 4.87. The summed E-state index contributed by atoms with van der Waals surface area (Å²) in [6.07, 6.45) is 0.874. The van der Waals surface area contributed by atoms with Gasteiger partial charge in [0.25, 0.3) is 0 Å². The van der Waals surface area contributed by atoms with E-state index in [1.807, 2.05) is 0 Å². The van der Waals surface area contributed by atoms with Crippen LogP contribution in [0.25, 0.3) is 0 Å². The van der Waals surface area contributed by atoms with Gasteiger partial charge >= 0.3 is 0 Å². The summed E-state index contributed by atoms with van der Waals surface area (Å²) in [5.41, 5.74) is 0.900. The highest BCUT2D eigenvalue weighted by molar-refractivity contribution is 6.34. The van der Waals surface area contributed by atoms with Gasteiger partial charge in [0.05, 0.1) is 6.04 Å². The minimum absolute atomic E-state index is 0.219. The van der Waals surface area contributed by atoms with E-state index in [1.54, 1.807) is 18.2 Å². The molecule has 1 aromatic rings. The molecule has 1 fully saturated rings. The van der Waals surface area contributed by atoms with Crippen molar-refractivity contribution in [3.8, 4) is 0 Å². The van der Waals surface area contributed by atoms with Crippen molar-refractivity contribution in [1.29, 1.82) is 0 Å². The van der Waals surface area contributed by atoms with Crippen LogP contribution in [0.4, 0.5) is 0 Å². The summed E-state index contributed by atoms with van der Waals surface area (Å²) in [5.74, 6) is -0.497. The second-order valence-electron chi connectivity index (χ2n) is 4.16. The second-order valence-corrected chi connectivity index (χ2v) is 5.04. The van der Waals surface area contributed by atoms with E-state index in [0.717, 1.165) is 5.56 Å². The fourth-order valence-electron chi connectivity index (χ4n) is 1.84. The van der Waals surface area contributed by atoms with E-state index in [2.05, 4.69) is 10.6 Å². The largest absolute Gasteiger partial charge is 0.302 e. The fraction of sp³-hybridized carbons (Fsp3) is 0.333. The molecule has 0 radical (unpaired) electrons. The van der Waals surface area contributed by atoms with Crippen LogP contribution in [-0.4, -0.2) is 17.9 Å². The first-order valence-electron chi connectivity index (χ1n) is 5.56. The highest BCUT2D eigenvalue weighted by Gasteiger charge is 2.25. The van der Waals surface area contributed by atoms with Crippen LogP contribution >= 0.6 is 23.2 Å². The van der Waals surface area contributed by atoms with E-state index >= 15 is 0 Å². The number of hydrogen-bond donors (Lipinski definition) is 2. The normalized spacial score (nSPS) is 19.8. The number of nitrogens with one attached hydrogen (secondary N) is 2. The maximum absolute atomic E-state index is 11.5. The number of carbonyl (C=O) groups excluding carboxylic acids is 2. The molecule has 18 heavy (non-hydrogen) atoms. The lowest BCUT2D eigenvalue weighted by Gasteiger charge is -2.21. The van der Waals surface area contributed by atoms with Gasteiger partial charge in [-0.3, -0.25) is 14.9 Å². The Morgan fingerprint density at radius 2 is 1.89 bits per heavy atom. The Labute approximate surface area is 115 Å². The zero-order valence-corrected chi connectivity index (χ0v) is 11.0. The van der Waals surface area contributed by atoms with Gasteiger partial charge in [0.15, 0.2) is 0 Å². The molecule has 6 heteroatoms. The Morgan fingerprint density at radius 3 is 2.50 bits per heavy atom. The number of amides is 2. The zero-order chi connectivity index (χ0) is 13.1. The predicted molar refractivity (Wildman–Crippen MR) is 69.5 cm³/mol. The van der Waals surface area contributed by atoms with Gasteiger partial charge in [-0.1, -0.05) is 23.2 Å². The lowest BCUT2D eigenvalue weighted by Crippen LogP contribution is -2.50. The number of benzene rings is 1. The maximum Gasteiger partial charge on any atom is 0.243 e. The third kappa shape index (κ3) is 3.45. The van der Waals surface area contributed by atoms with Crippen molar-refractivity contribution >= 4 is 35.0 Å². The molecule has 0 saturated carbocycles. The molecular weight excluding hydrogens is 275 g/mol. The van der Waals surface area contributed by atoms with Crippen molar-refractivity contribution in [2.24, 2.45) is 0 Å². The van der Waals surface area contributed by atoms with Gasteiger partial charge in [-0.05, 0) is 30.2 Å². The Balaban J connectivity index is 1.95. The van der Waals surface area contributed by atoms with Gasteiger partial charge in [0.1, 0.15) is 0 Å². The van der Waals surface area contributed by atoms with Crippen LogP contribution in [0.15, 0.2) is 18.2 Å². The van der Waals surface area contributed by atoms with Gasteiger partial charge in [-0.25, -0.2) is 0 Å². The van der Waals surface area contributed by atoms with Crippen molar-refractivity contribution in [3.63, 3.8) is 0 Å². The molecule has 1 saturated heterocycles. The first kappa shape index (κ1) is 13.3. The minimum atomic E-state index is -0.347. The van der Waals surface area contributed by atoms with Crippen LogP contribution in [0, 0.1) is 0 Å². The Morgan fingerprint density at radius 1 is 1.22 bits per heavy atom. The molecule has 4 nitrogen and oxygen atoms in total. The molecular formula is C12H12Cl2N2O2. The zero-order valence-electron chi connectivity index (χ0n) is 9.50. The monoisotopic (exact) mass is 286 g/mol. The first-order valence-corrected chi connectivity index (χ1v) is 6.32. The lowest BCUT2D eigenvalue weighted by molar-refractivity contribution is -0.134. The number of piperidine rings is 1. The van der Waals surface area contributed by atoms with Gasteiger partial charge < -0.3 is 5.32 Å².